The number of nitro benzene ring substituents is 1. The number of aromatic nitrogens is 2. The van der Waals surface area contributed by atoms with Gasteiger partial charge in [0, 0.05) is 30.4 Å². The molecule has 7 nitrogen and oxygen atoms in total. The van der Waals surface area contributed by atoms with E-state index in [9.17, 15) is 14.9 Å². The van der Waals surface area contributed by atoms with Crippen LogP contribution in [0.25, 0.3) is 0 Å². The minimum Gasteiger partial charge on any atom is -0.335 e. The van der Waals surface area contributed by atoms with Gasteiger partial charge in [-0.3, -0.25) is 20.0 Å². The van der Waals surface area contributed by atoms with Crippen molar-refractivity contribution < 1.29 is 9.72 Å². The number of nitrogens with one attached hydrogen (secondary N) is 1. The van der Waals surface area contributed by atoms with E-state index in [4.69, 9.17) is 0 Å². The smallest absolute Gasteiger partial charge is 0.269 e. The minimum atomic E-state index is -0.417. The molecule has 1 aromatic heterocycles. The van der Waals surface area contributed by atoms with Crippen LogP contribution < -0.4 is 0 Å². The molecule has 0 unspecified atom stereocenters. The first kappa shape index (κ1) is 15.2. The van der Waals surface area contributed by atoms with Crippen LogP contribution in [0.15, 0.2) is 30.3 Å². The lowest BCUT2D eigenvalue weighted by molar-refractivity contribution is -0.384. The van der Waals surface area contributed by atoms with Crippen LogP contribution in [-0.2, 0) is 17.8 Å². The zero-order valence-electron chi connectivity index (χ0n) is 12.9. The number of nitrogens with zero attached hydrogens (tertiary/aromatic N) is 3. The van der Waals surface area contributed by atoms with Gasteiger partial charge in [-0.15, -0.1) is 0 Å². The summed E-state index contributed by atoms with van der Waals surface area (Å²) in [5.74, 6) is 0.00510. The van der Waals surface area contributed by atoms with Gasteiger partial charge in [0.05, 0.1) is 17.0 Å². The Hall–Kier alpha value is -2.70. The van der Waals surface area contributed by atoms with Crippen molar-refractivity contribution in [3.63, 3.8) is 0 Å². The van der Waals surface area contributed by atoms with E-state index in [2.05, 4.69) is 10.2 Å². The third-order valence-corrected chi connectivity index (χ3v) is 3.87. The van der Waals surface area contributed by atoms with Gasteiger partial charge >= 0.3 is 0 Å². The van der Waals surface area contributed by atoms with Crippen LogP contribution in [0.2, 0.25) is 0 Å². The summed E-state index contributed by atoms with van der Waals surface area (Å²) in [6, 6.07) is 8.55. The largest absolute Gasteiger partial charge is 0.335 e. The number of benzene rings is 1. The van der Waals surface area contributed by atoms with Gasteiger partial charge in [-0.05, 0) is 31.4 Å². The Bertz CT molecular complexity index is 736. The van der Waals surface area contributed by atoms with Crippen LogP contribution in [-0.4, -0.2) is 32.0 Å². The predicted octanol–water partition coefficient (Wildman–Crippen LogP) is 2.36. The second kappa shape index (κ2) is 6.20. The fourth-order valence-corrected chi connectivity index (χ4v) is 2.59. The van der Waals surface area contributed by atoms with Crippen LogP contribution in [0.5, 0.6) is 0 Å². The van der Waals surface area contributed by atoms with Gasteiger partial charge in [0.2, 0.25) is 5.91 Å². The summed E-state index contributed by atoms with van der Waals surface area (Å²) in [7, 11) is 0. The number of nitro groups is 1. The number of carbonyl (C=O) groups is 1. The molecule has 7 heteroatoms. The number of H-pyrrole nitrogens is 1. The number of carbonyl (C=O) groups excluding carboxylic acids is 1. The first-order chi connectivity index (χ1) is 11.0. The number of rotatable bonds is 6. The molecule has 0 saturated heterocycles. The molecule has 1 heterocycles. The maximum atomic E-state index is 12.6. The third-order valence-electron chi connectivity index (χ3n) is 3.87. The molecule has 3 rings (SSSR count). The molecule has 1 amide bonds. The van der Waals surface area contributed by atoms with E-state index in [1.54, 1.807) is 6.07 Å². The van der Waals surface area contributed by atoms with Crippen molar-refractivity contribution in [1.29, 1.82) is 0 Å². The second-order valence-electron chi connectivity index (χ2n) is 5.90. The summed E-state index contributed by atoms with van der Waals surface area (Å²) in [4.78, 5) is 24.8. The molecule has 1 aromatic carbocycles. The lowest BCUT2D eigenvalue weighted by Crippen LogP contribution is -2.33. The Balaban J connectivity index is 1.73. The number of aromatic amines is 1. The average Bonchev–Trinajstić information content (AvgIpc) is 3.28. The Morgan fingerprint density at radius 1 is 1.43 bits per heavy atom. The molecule has 0 radical (unpaired) electrons. The Morgan fingerprint density at radius 3 is 2.83 bits per heavy atom. The van der Waals surface area contributed by atoms with E-state index < -0.39 is 4.92 Å². The number of amides is 1. The van der Waals surface area contributed by atoms with Crippen molar-refractivity contribution in [1.82, 2.24) is 15.1 Å². The van der Waals surface area contributed by atoms with Crippen molar-refractivity contribution in [2.75, 3.05) is 0 Å². The highest BCUT2D eigenvalue weighted by molar-refractivity contribution is 5.79. The van der Waals surface area contributed by atoms with E-state index in [1.165, 1.54) is 12.1 Å². The molecule has 1 saturated carbocycles. The molecular formula is C16H18N4O3. The summed E-state index contributed by atoms with van der Waals surface area (Å²) in [5.41, 5.74) is 2.47. The van der Waals surface area contributed by atoms with Crippen molar-refractivity contribution in [3.8, 4) is 0 Å². The van der Waals surface area contributed by atoms with Crippen LogP contribution in [0.4, 0.5) is 5.69 Å². The van der Waals surface area contributed by atoms with Gasteiger partial charge in [0.25, 0.3) is 5.69 Å². The molecule has 120 valence electrons. The number of non-ortho nitro benzene ring substituents is 1. The summed E-state index contributed by atoms with van der Waals surface area (Å²) < 4.78 is 0. The zero-order chi connectivity index (χ0) is 16.4. The average molecular weight is 314 g/mol. The second-order valence-corrected chi connectivity index (χ2v) is 5.90. The van der Waals surface area contributed by atoms with E-state index in [0.717, 1.165) is 29.8 Å². The molecule has 1 N–H and O–H groups in total. The summed E-state index contributed by atoms with van der Waals surface area (Å²) >= 11 is 0. The first-order valence-corrected chi connectivity index (χ1v) is 7.56. The summed E-state index contributed by atoms with van der Waals surface area (Å²) in [6.45, 7) is 2.29. The number of aryl methyl sites for hydroxylation is 1. The molecule has 0 bridgehead atoms. The molecule has 1 aliphatic carbocycles. The number of hydrogen-bond donors (Lipinski definition) is 1. The first-order valence-electron chi connectivity index (χ1n) is 7.56. The fourth-order valence-electron chi connectivity index (χ4n) is 2.59. The van der Waals surface area contributed by atoms with Crippen molar-refractivity contribution in [2.24, 2.45) is 0 Å². The topological polar surface area (TPSA) is 92.1 Å². The Labute approximate surface area is 133 Å². The van der Waals surface area contributed by atoms with Crippen molar-refractivity contribution in [3.05, 3.63) is 57.4 Å². The zero-order valence-corrected chi connectivity index (χ0v) is 12.9. The van der Waals surface area contributed by atoms with Gasteiger partial charge in [-0.2, -0.15) is 5.10 Å². The van der Waals surface area contributed by atoms with Gasteiger partial charge in [-0.25, -0.2) is 0 Å². The molecule has 23 heavy (non-hydrogen) atoms. The predicted molar refractivity (Wildman–Crippen MR) is 83.7 cm³/mol. The molecule has 1 fully saturated rings. The van der Waals surface area contributed by atoms with Gasteiger partial charge < -0.3 is 4.90 Å². The van der Waals surface area contributed by atoms with E-state index in [-0.39, 0.29) is 24.1 Å². The molecule has 1 aliphatic rings. The van der Waals surface area contributed by atoms with Crippen molar-refractivity contribution in [2.45, 2.75) is 38.8 Å². The Morgan fingerprint density at radius 2 is 2.22 bits per heavy atom. The molecular weight excluding hydrogens is 296 g/mol. The van der Waals surface area contributed by atoms with E-state index in [1.807, 2.05) is 24.0 Å². The number of hydrogen-bond acceptors (Lipinski definition) is 4. The van der Waals surface area contributed by atoms with E-state index in [0.29, 0.717) is 6.54 Å². The minimum absolute atomic E-state index is 0.00510. The van der Waals surface area contributed by atoms with Crippen molar-refractivity contribution >= 4 is 11.6 Å². The maximum Gasteiger partial charge on any atom is 0.269 e. The molecule has 2 aromatic rings. The van der Waals surface area contributed by atoms with Crippen LogP contribution >= 0.6 is 0 Å². The molecule has 0 atom stereocenters. The van der Waals surface area contributed by atoms with Gasteiger partial charge in [0.1, 0.15) is 0 Å². The monoisotopic (exact) mass is 314 g/mol. The maximum absolute atomic E-state index is 12.6. The molecule has 0 aliphatic heterocycles. The highest BCUT2D eigenvalue weighted by atomic mass is 16.6. The SMILES string of the molecule is Cc1cc(CC(=O)N(Cc2cccc([N+](=O)[O-])c2)C2CC2)n[nH]1. The van der Waals surface area contributed by atoms with Crippen LogP contribution in [0.3, 0.4) is 0 Å². The lowest BCUT2D eigenvalue weighted by atomic mass is 10.1. The Kier molecular flexibility index (Phi) is 4.10. The quantitative estimate of drug-likeness (QED) is 0.654. The fraction of sp³-hybridized carbons (Fsp3) is 0.375. The van der Waals surface area contributed by atoms with Crippen LogP contribution in [0, 0.1) is 17.0 Å². The normalized spacial score (nSPS) is 13.8. The summed E-state index contributed by atoms with van der Waals surface area (Å²) in [6.07, 6.45) is 2.22. The van der Waals surface area contributed by atoms with Gasteiger partial charge in [-0.1, -0.05) is 12.1 Å². The highest BCUT2D eigenvalue weighted by Crippen LogP contribution is 2.29. The highest BCUT2D eigenvalue weighted by Gasteiger charge is 2.32. The standard InChI is InChI=1S/C16H18N4O3/c1-11-7-13(18-17-11)9-16(21)19(14-5-6-14)10-12-3-2-4-15(8-12)20(22)23/h2-4,7-8,14H,5-6,9-10H2,1H3,(H,17,18). The summed E-state index contributed by atoms with van der Waals surface area (Å²) in [5, 5.41) is 17.8. The molecule has 0 spiro atoms. The third kappa shape index (κ3) is 3.74. The van der Waals surface area contributed by atoms with Crippen LogP contribution in [0.1, 0.15) is 29.8 Å². The lowest BCUT2D eigenvalue weighted by Gasteiger charge is -2.22. The van der Waals surface area contributed by atoms with Gasteiger partial charge in [0.15, 0.2) is 0 Å². The van der Waals surface area contributed by atoms with E-state index >= 15 is 0 Å².